The van der Waals surface area contributed by atoms with Crippen molar-refractivity contribution < 1.29 is 27.8 Å². The third kappa shape index (κ3) is 6.73. The average Bonchev–Trinajstić information content (AvgIpc) is 2.74. The van der Waals surface area contributed by atoms with Gasteiger partial charge in [0.15, 0.2) is 6.10 Å². The molecule has 0 spiro atoms. The Bertz CT molecular complexity index is 964. The third-order valence-electron chi connectivity index (χ3n) is 4.61. The number of methoxy groups -OCH3 is 1. The molecule has 1 atom stereocenters. The van der Waals surface area contributed by atoms with Crippen LogP contribution in [-0.4, -0.2) is 31.0 Å². The van der Waals surface area contributed by atoms with Crippen LogP contribution in [0, 0.1) is 0 Å². The molecule has 164 valence electrons. The van der Waals surface area contributed by atoms with Crippen molar-refractivity contribution in [3.8, 4) is 11.5 Å². The molecule has 1 N–H and O–H groups in total. The molecule has 0 radical (unpaired) electrons. The van der Waals surface area contributed by atoms with Crippen LogP contribution in [0.2, 0.25) is 0 Å². The van der Waals surface area contributed by atoms with Gasteiger partial charge in [0.2, 0.25) is 0 Å². The first-order valence-corrected chi connectivity index (χ1v) is 9.74. The van der Waals surface area contributed by atoms with E-state index in [1.165, 1.54) is 4.90 Å². The predicted octanol–water partition coefficient (Wildman–Crippen LogP) is 5.56. The van der Waals surface area contributed by atoms with Crippen LogP contribution in [0.1, 0.15) is 11.1 Å². The summed E-state index contributed by atoms with van der Waals surface area (Å²) in [5.41, 5.74) is 2.23. The first-order chi connectivity index (χ1) is 14.8. The van der Waals surface area contributed by atoms with Gasteiger partial charge in [0, 0.05) is 25.4 Å². The molecule has 0 aliphatic rings. The van der Waals surface area contributed by atoms with Crippen LogP contribution < -0.4 is 9.64 Å². The van der Waals surface area contributed by atoms with Crippen molar-refractivity contribution in [3.63, 3.8) is 0 Å². The number of ether oxygens (including phenoxy) is 2. The summed E-state index contributed by atoms with van der Waals surface area (Å²) < 4.78 is 50.2. The second-order valence-corrected chi connectivity index (χ2v) is 7.10. The van der Waals surface area contributed by atoms with Crippen molar-refractivity contribution >= 4 is 5.69 Å². The van der Waals surface area contributed by atoms with Gasteiger partial charge in [0.25, 0.3) is 0 Å². The molecule has 4 nitrogen and oxygen atoms in total. The topological polar surface area (TPSA) is 41.9 Å². The van der Waals surface area contributed by atoms with Crippen LogP contribution in [0.15, 0.2) is 78.9 Å². The number of halogens is 3. The molecule has 0 saturated heterocycles. The van der Waals surface area contributed by atoms with Gasteiger partial charge in [-0.3, -0.25) is 0 Å². The van der Waals surface area contributed by atoms with Crippen LogP contribution in [0.5, 0.6) is 11.5 Å². The fraction of sp³-hybridized carbons (Fsp3) is 0.250. The van der Waals surface area contributed by atoms with E-state index in [4.69, 9.17) is 9.47 Å². The fourth-order valence-corrected chi connectivity index (χ4v) is 3.15. The van der Waals surface area contributed by atoms with Gasteiger partial charge in [-0.1, -0.05) is 48.5 Å². The molecule has 0 aromatic heterocycles. The van der Waals surface area contributed by atoms with Crippen molar-refractivity contribution in [1.82, 2.24) is 0 Å². The highest BCUT2D eigenvalue weighted by atomic mass is 19.4. The van der Waals surface area contributed by atoms with Crippen molar-refractivity contribution in [2.75, 3.05) is 18.6 Å². The Morgan fingerprint density at radius 1 is 0.871 bits per heavy atom. The minimum Gasteiger partial charge on any atom is -0.457 e. The molecular formula is C24H24F3NO3. The summed E-state index contributed by atoms with van der Waals surface area (Å²) >= 11 is 0. The highest BCUT2D eigenvalue weighted by Gasteiger charge is 2.39. The Kier molecular flexibility index (Phi) is 7.55. The molecule has 0 saturated carbocycles. The van der Waals surface area contributed by atoms with Crippen LogP contribution in [0.25, 0.3) is 0 Å². The summed E-state index contributed by atoms with van der Waals surface area (Å²) in [6, 6.07) is 23.3. The second-order valence-electron chi connectivity index (χ2n) is 7.10. The maximum Gasteiger partial charge on any atom is 0.416 e. The predicted molar refractivity (Wildman–Crippen MR) is 113 cm³/mol. The van der Waals surface area contributed by atoms with Crippen LogP contribution in [-0.2, 0) is 17.9 Å². The molecular weight excluding hydrogens is 407 g/mol. The fourth-order valence-electron chi connectivity index (χ4n) is 3.15. The molecule has 0 aliphatic carbocycles. The second kappa shape index (κ2) is 10.3. The minimum absolute atomic E-state index is 0.180. The Balaban J connectivity index is 1.87. The van der Waals surface area contributed by atoms with Crippen molar-refractivity contribution in [2.45, 2.75) is 25.4 Å². The number of aliphatic hydroxyl groups excluding tert-OH is 1. The van der Waals surface area contributed by atoms with Gasteiger partial charge in [-0.05, 0) is 35.4 Å². The molecule has 0 bridgehead atoms. The van der Waals surface area contributed by atoms with Gasteiger partial charge < -0.3 is 19.5 Å². The minimum atomic E-state index is -4.71. The molecule has 0 amide bonds. The molecule has 0 heterocycles. The highest BCUT2D eigenvalue weighted by Crippen LogP contribution is 2.29. The largest absolute Gasteiger partial charge is 0.457 e. The highest BCUT2D eigenvalue weighted by molar-refractivity contribution is 5.52. The van der Waals surface area contributed by atoms with E-state index < -0.39 is 18.8 Å². The zero-order chi connectivity index (χ0) is 22.3. The van der Waals surface area contributed by atoms with Crippen LogP contribution >= 0.6 is 0 Å². The Hall–Kier alpha value is -3.03. The number of para-hydroxylation sites is 1. The van der Waals surface area contributed by atoms with E-state index in [0.717, 1.165) is 11.1 Å². The first-order valence-electron chi connectivity index (χ1n) is 9.74. The van der Waals surface area contributed by atoms with E-state index in [-0.39, 0.29) is 6.54 Å². The van der Waals surface area contributed by atoms with Crippen LogP contribution in [0.4, 0.5) is 18.9 Å². The molecule has 0 fully saturated rings. The normalized spacial score (nSPS) is 12.4. The van der Waals surface area contributed by atoms with E-state index in [9.17, 15) is 18.3 Å². The number of alkyl halides is 3. The lowest BCUT2D eigenvalue weighted by Gasteiger charge is -2.29. The summed E-state index contributed by atoms with van der Waals surface area (Å²) in [5.74, 6) is 1.11. The van der Waals surface area contributed by atoms with Crippen molar-refractivity contribution in [2.24, 2.45) is 0 Å². The number of aliphatic hydroxyl groups is 1. The summed E-state index contributed by atoms with van der Waals surface area (Å²) in [5, 5.41) is 9.72. The molecule has 1 unspecified atom stereocenters. The number of anilines is 1. The molecule has 31 heavy (non-hydrogen) atoms. The van der Waals surface area contributed by atoms with E-state index in [2.05, 4.69) is 0 Å². The summed E-state index contributed by atoms with van der Waals surface area (Å²) in [6.45, 7) is -0.0221. The number of rotatable bonds is 9. The zero-order valence-electron chi connectivity index (χ0n) is 17.0. The van der Waals surface area contributed by atoms with Gasteiger partial charge in [-0.25, -0.2) is 0 Å². The van der Waals surface area contributed by atoms with Crippen molar-refractivity contribution in [1.29, 1.82) is 0 Å². The molecule has 7 heteroatoms. The lowest BCUT2D eigenvalue weighted by molar-refractivity contribution is -0.200. The summed E-state index contributed by atoms with van der Waals surface area (Å²) in [6.07, 6.45) is -7.19. The quantitative estimate of drug-likeness (QED) is 0.482. The lowest BCUT2D eigenvalue weighted by atomic mass is 10.1. The van der Waals surface area contributed by atoms with E-state index in [0.29, 0.717) is 23.8 Å². The summed E-state index contributed by atoms with van der Waals surface area (Å²) in [4.78, 5) is 1.49. The Morgan fingerprint density at radius 3 is 2.26 bits per heavy atom. The molecule has 3 aromatic carbocycles. The van der Waals surface area contributed by atoms with Gasteiger partial charge >= 0.3 is 6.18 Å². The SMILES string of the molecule is COCc1cccc(CN(CC(O)C(F)(F)F)c2cccc(Oc3ccccc3)c2)c1. The Labute approximate surface area is 179 Å². The summed E-state index contributed by atoms with van der Waals surface area (Å²) in [7, 11) is 1.58. The maximum atomic E-state index is 13.1. The van der Waals surface area contributed by atoms with E-state index in [1.807, 2.05) is 42.5 Å². The maximum absolute atomic E-state index is 13.1. The standard InChI is InChI=1S/C24H24F3NO3/c1-30-17-19-8-5-7-18(13-19)15-28(16-23(29)24(25,26)27)20-9-6-12-22(14-20)31-21-10-3-2-4-11-21/h2-14,23,29H,15-17H2,1H3. The van der Waals surface area contributed by atoms with Gasteiger partial charge in [0.1, 0.15) is 11.5 Å². The number of hydrogen-bond acceptors (Lipinski definition) is 4. The lowest BCUT2D eigenvalue weighted by Crippen LogP contribution is -2.40. The molecule has 0 aliphatic heterocycles. The average molecular weight is 431 g/mol. The van der Waals surface area contributed by atoms with E-state index in [1.54, 1.807) is 43.5 Å². The van der Waals surface area contributed by atoms with Crippen molar-refractivity contribution in [3.05, 3.63) is 90.0 Å². The number of hydrogen-bond donors (Lipinski definition) is 1. The molecule has 3 rings (SSSR count). The third-order valence-corrected chi connectivity index (χ3v) is 4.61. The monoisotopic (exact) mass is 431 g/mol. The van der Waals surface area contributed by atoms with Gasteiger partial charge in [-0.2, -0.15) is 13.2 Å². The zero-order valence-corrected chi connectivity index (χ0v) is 17.0. The van der Waals surface area contributed by atoms with Gasteiger partial charge in [0.05, 0.1) is 13.2 Å². The number of benzene rings is 3. The Morgan fingerprint density at radius 2 is 1.55 bits per heavy atom. The smallest absolute Gasteiger partial charge is 0.416 e. The number of nitrogens with zero attached hydrogens (tertiary/aromatic N) is 1. The van der Waals surface area contributed by atoms with Crippen LogP contribution in [0.3, 0.4) is 0 Å². The first kappa shape index (κ1) is 22.7. The van der Waals surface area contributed by atoms with E-state index >= 15 is 0 Å². The van der Waals surface area contributed by atoms with Gasteiger partial charge in [-0.15, -0.1) is 0 Å². The molecule has 3 aromatic rings.